The van der Waals surface area contributed by atoms with Gasteiger partial charge in [-0.3, -0.25) is 0 Å². The first kappa shape index (κ1) is 22.1. The molecule has 156 valence electrons. The number of hydrogen-bond acceptors (Lipinski definition) is 1. The van der Waals surface area contributed by atoms with E-state index in [-0.39, 0.29) is 6.61 Å². The molecule has 3 aromatic rings. The van der Waals surface area contributed by atoms with Gasteiger partial charge in [0.2, 0.25) is 0 Å². The number of hydrogen-bond donors (Lipinski definition) is 1. The Bertz CT molecular complexity index is 949. The quantitative estimate of drug-likeness (QED) is 0.345. The van der Waals surface area contributed by atoms with Crippen LogP contribution in [0.15, 0.2) is 73.3 Å². The third-order valence-corrected chi connectivity index (χ3v) is 5.88. The van der Waals surface area contributed by atoms with E-state index < -0.39 is 0 Å². The average molecular weight is 399 g/mol. The summed E-state index contributed by atoms with van der Waals surface area (Å²) in [5.74, 6) is 0. The van der Waals surface area contributed by atoms with Crippen molar-refractivity contribution in [3.8, 4) is 22.3 Å². The molecule has 3 aromatic carbocycles. The largest absolute Gasteiger partial charge is 0.392 e. The average Bonchev–Trinajstić information content (AvgIpc) is 2.79. The Hall–Kier alpha value is -2.64. The van der Waals surface area contributed by atoms with Gasteiger partial charge in [-0.05, 0) is 64.3 Å². The summed E-state index contributed by atoms with van der Waals surface area (Å²) >= 11 is 0. The lowest BCUT2D eigenvalue weighted by molar-refractivity contribution is 0.350. The fourth-order valence-corrected chi connectivity index (χ4v) is 3.94. The van der Waals surface area contributed by atoms with Crippen LogP contribution in [0.25, 0.3) is 27.8 Å². The normalized spacial score (nSPS) is 10.9. The van der Waals surface area contributed by atoms with Crippen molar-refractivity contribution in [1.29, 1.82) is 0 Å². The molecule has 0 spiro atoms. The molecule has 0 amide bonds. The fraction of sp³-hybridized carbons (Fsp3) is 0.310. The summed E-state index contributed by atoms with van der Waals surface area (Å²) in [7, 11) is 0. The maximum Gasteiger partial charge on any atom is 0.0681 e. The van der Waals surface area contributed by atoms with E-state index in [1.54, 1.807) is 0 Å². The summed E-state index contributed by atoms with van der Waals surface area (Å²) in [6.07, 6.45) is 7.83. The van der Waals surface area contributed by atoms with E-state index in [1.165, 1.54) is 71.9 Å². The van der Waals surface area contributed by atoms with Gasteiger partial charge in [-0.2, -0.15) is 0 Å². The molecule has 3 rings (SSSR count). The van der Waals surface area contributed by atoms with Crippen LogP contribution in [0.2, 0.25) is 0 Å². The molecule has 0 saturated carbocycles. The Morgan fingerprint density at radius 1 is 0.767 bits per heavy atom. The fourth-order valence-electron chi connectivity index (χ4n) is 3.94. The minimum atomic E-state index is -0.00921. The number of unbranched alkanes of at least 4 members (excludes halogenated alkanes) is 4. The lowest BCUT2D eigenvalue weighted by Crippen LogP contribution is -1.90. The summed E-state index contributed by atoms with van der Waals surface area (Å²) < 4.78 is 0. The number of aliphatic hydroxyl groups excluding tert-OH is 1. The summed E-state index contributed by atoms with van der Waals surface area (Å²) in [6.45, 7) is 8.32. The Balaban J connectivity index is 1.68. The maximum atomic E-state index is 9.25. The molecule has 0 heterocycles. The molecule has 1 nitrogen and oxygen atoms in total. The second-order valence-electron chi connectivity index (χ2n) is 8.23. The number of benzene rings is 3. The molecule has 0 bridgehead atoms. The van der Waals surface area contributed by atoms with E-state index in [9.17, 15) is 5.11 Å². The topological polar surface area (TPSA) is 20.2 Å². The number of aryl methyl sites for hydroxylation is 2. The molecule has 0 radical (unpaired) electrons. The lowest BCUT2D eigenvalue weighted by Gasteiger charge is -2.11. The van der Waals surface area contributed by atoms with Crippen molar-refractivity contribution < 1.29 is 5.11 Å². The predicted octanol–water partition coefficient (Wildman–Crippen LogP) is 7.85. The van der Waals surface area contributed by atoms with Crippen molar-refractivity contribution in [1.82, 2.24) is 0 Å². The minimum absolute atomic E-state index is 0.00921. The van der Waals surface area contributed by atoms with Gasteiger partial charge in [-0.25, -0.2) is 0 Å². The lowest BCUT2D eigenvalue weighted by atomic mass is 9.94. The molecule has 0 aromatic heterocycles. The zero-order valence-electron chi connectivity index (χ0n) is 18.5. The van der Waals surface area contributed by atoms with Crippen molar-refractivity contribution in [2.75, 3.05) is 6.61 Å². The van der Waals surface area contributed by atoms with Crippen molar-refractivity contribution >= 4 is 5.57 Å². The molecule has 30 heavy (non-hydrogen) atoms. The smallest absolute Gasteiger partial charge is 0.0681 e. The zero-order chi connectivity index (χ0) is 21.3. The first-order valence-corrected chi connectivity index (χ1v) is 11.2. The van der Waals surface area contributed by atoms with Crippen molar-refractivity contribution in [3.63, 3.8) is 0 Å². The van der Waals surface area contributed by atoms with E-state index in [0.29, 0.717) is 0 Å². The molecule has 0 aliphatic carbocycles. The van der Waals surface area contributed by atoms with E-state index in [0.717, 1.165) is 11.1 Å². The predicted molar refractivity (Wildman–Crippen MR) is 131 cm³/mol. The van der Waals surface area contributed by atoms with E-state index in [4.69, 9.17) is 0 Å². The highest BCUT2D eigenvalue weighted by Crippen LogP contribution is 2.29. The number of aliphatic hydroxyl groups is 1. The van der Waals surface area contributed by atoms with Crippen molar-refractivity contribution in [2.45, 2.75) is 52.4 Å². The summed E-state index contributed by atoms with van der Waals surface area (Å²) in [5, 5.41) is 9.25. The Morgan fingerprint density at radius 3 is 2.03 bits per heavy atom. The molecule has 1 N–H and O–H groups in total. The molecule has 0 fully saturated rings. The molecular formula is C29H34O. The molecule has 0 saturated heterocycles. The monoisotopic (exact) mass is 398 g/mol. The van der Waals surface area contributed by atoms with Gasteiger partial charge in [0.15, 0.2) is 0 Å². The van der Waals surface area contributed by atoms with Gasteiger partial charge in [0.1, 0.15) is 0 Å². The van der Waals surface area contributed by atoms with E-state index in [1.807, 2.05) is 12.1 Å². The Morgan fingerprint density at radius 2 is 1.40 bits per heavy atom. The Kier molecular flexibility index (Phi) is 8.04. The van der Waals surface area contributed by atoms with E-state index >= 15 is 0 Å². The summed E-state index contributed by atoms with van der Waals surface area (Å²) in [4.78, 5) is 0. The van der Waals surface area contributed by atoms with Gasteiger partial charge in [-0.15, -0.1) is 0 Å². The maximum absolute atomic E-state index is 9.25. The number of rotatable bonds is 10. The highest BCUT2D eigenvalue weighted by Gasteiger charge is 2.06. The standard InChI is InChI=1S/C29H34O/c1-4-5-6-7-8-9-24-10-12-26(13-11-24)28-18-19-29(22(2)20-28)27-16-14-25(15-17-27)23(3)21-30/h10-20,30H,3-9,21H2,1-2H3. The van der Waals surface area contributed by atoms with Gasteiger partial charge < -0.3 is 5.11 Å². The molecule has 0 unspecified atom stereocenters. The minimum Gasteiger partial charge on any atom is -0.392 e. The second kappa shape index (κ2) is 10.9. The van der Waals surface area contributed by atoms with Crippen LogP contribution in [0.3, 0.4) is 0 Å². The molecule has 0 aliphatic heterocycles. The highest BCUT2D eigenvalue weighted by molar-refractivity contribution is 5.75. The van der Waals surface area contributed by atoms with E-state index in [2.05, 4.69) is 75.0 Å². The third kappa shape index (κ3) is 5.70. The molecule has 0 atom stereocenters. The van der Waals surface area contributed by atoms with Crippen LogP contribution in [0.5, 0.6) is 0 Å². The Labute approximate surface area is 182 Å². The highest BCUT2D eigenvalue weighted by atomic mass is 16.3. The van der Waals surface area contributed by atoms with Crippen LogP contribution in [0.1, 0.15) is 55.7 Å². The molecule has 1 heteroatoms. The van der Waals surface area contributed by atoms with Gasteiger partial charge in [0.25, 0.3) is 0 Å². The van der Waals surface area contributed by atoms with Crippen LogP contribution < -0.4 is 0 Å². The third-order valence-electron chi connectivity index (χ3n) is 5.88. The van der Waals surface area contributed by atoms with Crippen LogP contribution in [0.4, 0.5) is 0 Å². The SMILES string of the molecule is C=C(CO)c1ccc(-c2ccc(-c3ccc(CCCCCCC)cc3)cc2C)cc1. The molecule has 0 aliphatic rings. The first-order valence-electron chi connectivity index (χ1n) is 11.2. The van der Waals surface area contributed by atoms with Gasteiger partial charge in [0, 0.05) is 0 Å². The van der Waals surface area contributed by atoms with Gasteiger partial charge in [-0.1, -0.05) is 106 Å². The zero-order valence-corrected chi connectivity index (χ0v) is 18.5. The van der Waals surface area contributed by atoms with Crippen molar-refractivity contribution in [3.05, 3.63) is 90.0 Å². The van der Waals surface area contributed by atoms with Crippen LogP contribution >= 0.6 is 0 Å². The summed E-state index contributed by atoms with van der Waals surface area (Å²) in [6, 6.07) is 24.0. The first-order chi connectivity index (χ1) is 14.6. The van der Waals surface area contributed by atoms with Gasteiger partial charge in [0.05, 0.1) is 6.61 Å². The van der Waals surface area contributed by atoms with Crippen LogP contribution in [0, 0.1) is 6.92 Å². The summed E-state index contributed by atoms with van der Waals surface area (Å²) in [5.41, 5.74) is 9.40. The second-order valence-corrected chi connectivity index (χ2v) is 8.23. The van der Waals surface area contributed by atoms with Gasteiger partial charge >= 0.3 is 0 Å². The van der Waals surface area contributed by atoms with Crippen LogP contribution in [-0.2, 0) is 6.42 Å². The van der Waals surface area contributed by atoms with Crippen LogP contribution in [-0.4, -0.2) is 11.7 Å². The molecular weight excluding hydrogens is 364 g/mol. The van der Waals surface area contributed by atoms with Crippen molar-refractivity contribution in [2.24, 2.45) is 0 Å².